The van der Waals surface area contributed by atoms with Gasteiger partial charge in [0, 0.05) is 6.42 Å². The Kier molecular flexibility index (Phi) is 5.28. The molecule has 0 aromatic heterocycles. The standard InChI is InChI=1S/C8H11NO4/c1-2-13-8(12)6(7(10)11)4-3-5-9/h6H,2-4H2,1H3,(H,10,11). The van der Waals surface area contributed by atoms with Gasteiger partial charge in [-0.1, -0.05) is 0 Å². The number of hydrogen-bond acceptors (Lipinski definition) is 4. The van der Waals surface area contributed by atoms with E-state index in [-0.39, 0.29) is 19.4 Å². The van der Waals surface area contributed by atoms with Crippen LogP contribution in [0.3, 0.4) is 0 Å². The number of carboxylic acid groups (broad SMARTS) is 1. The number of nitrogens with zero attached hydrogens (tertiary/aromatic N) is 1. The Morgan fingerprint density at radius 3 is 2.62 bits per heavy atom. The minimum absolute atomic E-state index is 0.00463. The number of rotatable bonds is 5. The normalized spacial score (nSPS) is 11.4. The number of nitriles is 1. The average molecular weight is 185 g/mol. The maximum absolute atomic E-state index is 11.0. The van der Waals surface area contributed by atoms with Crippen molar-refractivity contribution in [3.05, 3.63) is 0 Å². The molecule has 0 saturated carbocycles. The van der Waals surface area contributed by atoms with Crippen LogP contribution in [0.1, 0.15) is 19.8 Å². The lowest BCUT2D eigenvalue weighted by atomic mass is 10.0. The molecule has 0 saturated heterocycles. The first-order chi connectivity index (χ1) is 6.13. The highest BCUT2D eigenvalue weighted by molar-refractivity contribution is 5.93. The summed E-state index contributed by atoms with van der Waals surface area (Å²) in [4.78, 5) is 21.5. The van der Waals surface area contributed by atoms with E-state index < -0.39 is 17.9 Å². The minimum Gasteiger partial charge on any atom is -0.481 e. The maximum atomic E-state index is 11.0. The molecule has 72 valence electrons. The van der Waals surface area contributed by atoms with Crippen LogP contribution in [0.15, 0.2) is 0 Å². The average Bonchev–Trinajstić information content (AvgIpc) is 2.05. The molecule has 0 heterocycles. The smallest absolute Gasteiger partial charge is 0.320 e. The van der Waals surface area contributed by atoms with Gasteiger partial charge >= 0.3 is 11.9 Å². The summed E-state index contributed by atoms with van der Waals surface area (Å²) in [5, 5.41) is 16.8. The van der Waals surface area contributed by atoms with E-state index in [0.29, 0.717) is 0 Å². The molecule has 0 aromatic rings. The monoisotopic (exact) mass is 185 g/mol. The molecule has 0 aliphatic heterocycles. The summed E-state index contributed by atoms with van der Waals surface area (Å²) in [7, 11) is 0. The van der Waals surface area contributed by atoms with Crippen LogP contribution in [0.25, 0.3) is 0 Å². The van der Waals surface area contributed by atoms with Gasteiger partial charge in [0.2, 0.25) is 0 Å². The molecule has 0 fully saturated rings. The lowest BCUT2D eigenvalue weighted by Gasteiger charge is -2.08. The van der Waals surface area contributed by atoms with Crippen LogP contribution in [0, 0.1) is 17.2 Å². The van der Waals surface area contributed by atoms with Gasteiger partial charge in [-0.15, -0.1) is 0 Å². The maximum Gasteiger partial charge on any atom is 0.320 e. The Labute approximate surface area is 75.9 Å². The van der Waals surface area contributed by atoms with E-state index in [9.17, 15) is 9.59 Å². The van der Waals surface area contributed by atoms with Crippen molar-refractivity contribution in [2.45, 2.75) is 19.8 Å². The SMILES string of the molecule is CCOC(=O)C(CCC#N)C(=O)O. The van der Waals surface area contributed by atoms with E-state index in [1.807, 2.05) is 0 Å². The lowest BCUT2D eigenvalue weighted by Crippen LogP contribution is -2.25. The topological polar surface area (TPSA) is 87.4 Å². The lowest BCUT2D eigenvalue weighted by molar-refractivity contribution is -0.158. The van der Waals surface area contributed by atoms with E-state index in [1.165, 1.54) is 0 Å². The molecule has 0 spiro atoms. The molecular weight excluding hydrogens is 174 g/mol. The van der Waals surface area contributed by atoms with E-state index in [1.54, 1.807) is 13.0 Å². The zero-order valence-electron chi connectivity index (χ0n) is 7.32. The molecule has 0 aliphatic rings. The highest BCUT2D eigenvalue weighted by Crippen LogP contribution is 2.08. The van der Waals surface area contributed by atoms with Crippen molar-refractivity contribution in [3.63, 3.8) is 0 Å². The third-order valence-electron chi connectivity index (χ3n) is 1.41. The number of carbonyl (C=O) groups is 2. The Balaban J connectivity index is 4.17. The number of carbonyl (C=O) groups excluding carboxylic acids is 1. The molecule has 0 radical (unpaired) electrons. The van der Waals surface area contributed by atoms with Gasteiger partial charge in [0.1, 0.15) is 0 Å². The van der Waals surface area contributed by atoms with Crippen molar-refractivity contribution in [3.8, 4) is 6.07 Å². The van der Waals surface area contributed by atoms with Crippen LogP contribution >= 0.6 is 0 Å². The summed E-state index contributed by atoms with van der Waals surface area (Å²) in [5.74, 6) is -3.22. The van der Waals surface area contributed by atoms with Crippen molar-refractivity contribution in [2.24, 2.45) is 5.92 Å². The Morgan fingerprint density at radius 2 is 2.23 bits per heavy atom. The number of hydrogen-bond donors (Lipinski definition) is 1. The second kappa shape index (κ2) is 6.00. The van der Waals surface area contributed by atoms with Gasteiger partial charge in [0.15, 0.2) is 5.92 Å². The first kappa shape index (κ1) is 11.4. The third-order valence-corrected chi connectivity index (χ3v) is 1.41. The fraction of sp³-hybridized carbons (Fsp3) is 0.625. The quantitative estimate of drug-likeness (QED) is 0.499. The van der Waals surface area contributed by atoms with E-state index in [0.717, 1.165) is 0 Å². The van der Waals surface area contributed by atoms with Crippen LogP contribution in [0.4, 0.5) is 0 Å². The zero-order chi connectivity index (χ0) is 10.3. The second-order valence-corrected chi connectivity index (χ2v) is 2.34. The van der Waals surface area contributed by atoms with E-state index >= 15 is 0 Å². The zero-order valence-corrected chi connectivity index (χ0v) is 7.32. The molecule has 0 amide bonds. The van der Waals surface area contributed by atoms with Crippen LogP contribution in [-0.2, 0) is 14.3 Å². The highest BCUT2D eigenvalue weighted by atomic mass is 16.5. The fourth-order valence-electron chi connectivity index (χ4n) is 0.794. The second-order valence-electron chi connectivity index (χ2n) is 2.34. The molecule has 0 bridgehead atoms. The Hall–Kier alpha value is -1.57. The number of aliphatic carboxylic acids is 1. The molecular formula is C8H11NO4. The van der Waals surface area contributed by atoms with Crippen LogP contribution in [0.5, 0.6) is 0 Å². The van der Waals surface area contributed by atoms with Crippen molar-refractivity contribution in [2.75, 3.05) is 6.61 Å². The van der Waals surface area contributed by atoms with Gasteiger partial charge in [-0.25, -0.2) is 0 Å². The number of carboxylic acids is 1. The van der Waals surface area contributed by atoms with Crippen LogP contribution in [0.2, 0.25) is 0 Å². The van der Waals surface area contributed by atoms with Gasteiger partial charge in [-0.3, -0.25) is 9.59 Å². The first-order valence-corrected chi connectivity index (χ1v) is 3.89. The molecule has 5 nitrogen and oxygen atoms in total. The summed E-state index contributed by atoms with van der Waals surface area (Å²) in [6.45, 7) is 1.75. The van der Waals surface area contributed by atoms with Gasteiger partial charge in [0.25, 0.3) is 0 Å². The van der Waals surface area contributed by atoms with Crippen LogP contribution < -0.4 is 0 Å². The molecule has 1 N–H and O–H groups in total. The Morgan fingerprint density at radius 1 is 1.62 bits per heavy atom. The van der Waals surface area contributed by atoms with Crippen molar-refractivity contribution >= 4 is 11.9 Å². The fourth-order valence-corrected chi connectivity index (χ4v) is 0.794. The van der Waals surface area contributed by atoms with Crippen LogP contribution in [-0.4, -0.2) is 23.7 Å². The van der Waals surface area contributed by atoms with Crippen molar-refractivity contribution in [1.29, 1.82) is 5.26 Å². The molecule has 0 rings (SSSR count). The predicted molar refractivity (Wildman–Crippen MR) is 42.6 cm³/mol. The number of ether oxygens (including phenoxy) is 1. The highest BCUT2D eigenvalue weighted by Gasteiger charge is 2.26. The minimum atomic E-state index is -1.24. The van der Waals surface area contributed by atoms with E-state index in [4.69, 9.17) is 10.4 Å². The van der Waals surface area contributed by atoms with Crippen molar-refractivity contribution < 1.29 is 19.4 Å². The summed E-state index contributed by atoms with van der Waals surface area (Å²) >= 11 is 0. The summed E-state index contributed by atoms with van der Waals surface area (Å²) < 4.78 is 4.53. The molecule has 1 atom stereocenters. The van der Waals surface area contributed by atoms with Gasteiger partial charge in [-0.05, 0) is 13.3 Å². The summed E-state index contributed by atoms with van der Waals surface area (Å²) in [6.07, 6.45) is 0.0421. The van der Waals surface area contributed by atoms with Gasteiger partial charge in [-0.2, -0.15) is 5.26 Å². The molecule has 5 heteroatoms. The van der Waals surface area contributed by atoms with Crippen molar-refractivity contribution in [1.82, 2.24) is 0 Å². The first-order valence-electron chi connectivity index (χ1n) is 3.89. The molecule has 13 heavy (non-hydrogen) atoms. The van der Waals surface area contributed by atoms with Gasteiger partial charge < -0.3 is 9.84 Å². The third kappa shape index (κ3) is 4.11. The largest absolute Gasteiger partial charge is 0.481 e. The predicted octanol–water partition coefficient (Wildman–Crippen LogP) is 0.554. The Bertz CT molecular complexity index is 231. The van der Waals surface area contributed by atoms with E-state index in [2.05, 4.69) is 4.74 Å². The summed E-state index contributed by atoms with van der Waals surface area (Å²) in [6, 6.07) is 1.78. The molecule has 0 aromatic carbocycles. The summed E-state index contributed by atoms with van der Waals surface area (Å²) in [5.41, 5.74) is 0. The van der Waals surface area contributed by atoms with Gasteiger partial charge in [0.05, 0.1) is 12.7 Å². The molecule has 0 aliphatic carbocycles. The molecule has 1 unspecified atom stereocenters. The number of esters is 1.